The Morgan fingerprint density at radius 1 is 1.38 bits per heavy atom. The Labute approximate surface area is 144 Å². The lowest BCUT2D eigenvalue weighted by atomic mass is 9.61. The van der Waals surface area contributed by atoms with Gasteiger partial charge in [0, 0.05) is 12.4 Å². The quantitative estimate of drug-likeness (QED) is 0.624. The van der Waals surface area contributed by atoms with Gasteiger partial charge in [-0.2, -0.15) is 4.98 Å². The lowest BCUT2D eigenvalue weighted by Gasteiger charge is -2.47. The normalized spacial score (nSPS) is 29.1. The van der Waals surface area contributed by atoms with Crippen molar-refractivity contribution in [3.63, 3.8) is 0 Å². The summed E-state index contributed by atoms with van der Waals surface area (Å²) in [6.07, 6.45) is 6.99. The van der Waals surface area contributed by atoms with Crippen molar-refractivity contribution < 1.29 is 13.9 Å². The molecule has 24 heavy (non-hydrogen) atoms. The zero-order chi connectivity index (χ0) is 16.8. The molecule has 1 unspecified atom stereocenters. The number of carbonyl (C=O) groups excluding carboxylic acids is 1. The zero-order valence-corrected chi connectivity index (χ0v) is 14.2. The van der Waals surface area contributed by atoms with E-state index in [1.54, 1.807) is 4.57 Å². The summed E-state index contributed by atoms with van der Waals surface area (Å²) in [5.41, 5.74) is 0.458. The topological polar surface area (TPSA) is 57.0 Å². The van der Waals surface area contributed by atoms with E-state index in [1.807, 2.05) is 6.92 Å². The van der Waals surface area contributed by atoms with Gasteiger partial charge < -0.3 is 9.30 Å². The molecule has 3 fully saturated rings. The van der Waals surface area contributed by atoms with E-state index in [9.17, 15) is 9.18 Å². The minimum absolute atomic E-state index is 0.0792. The molecule has 128 valence electrons. The molecule has 2 heterocycles. The van der Waals surface area contributed by atoms with Gasteiger partial charge in [0.05, 0.1) is 24.0 Å². The van der Waals surface area contributed by atoms with E-state index in [4.69, 9.17) is 16.3 Å². The predicted octanol–water partition coefficient (Wildman–Crippen LogP) is 3.76. The molecule has 2 atom stereocenters. The molecule has 7 heteroatoms. The smallest absolute Gasteiger partial charge is 0.311 e. The van der Waals surface area contributed by atoms with E-state index >= 15 is 0 Å². The molecule has 2 bridgehead atoms. The molecule has 3 aliphatic rings. The fourth-order valence-corrected chi connectivity index (χ4v) is 4.71. The number of halogens is 2. The minimum Gasteiger partial charge on any atom is -0.466 e. The molecule has 5 nitrogen and oxygen atoms in total. The first kappa shape index (κ1) is 15.8. The van der Waals surface area contributed by atoms with E-state index in [0.717, 1.165) is 25.7 Å². The Balaban J connectivity index is 1.83. The SMILES string of the molecule is CCOC(=O)[C@H]1C2CCC(CC2)C1n1cc(F)c2cnc(Cl)nc21. The van der Waals surface area contributed by atoms with Gasteiger partial charge in [0.25, 0.3) is 0 Å². The first-order valence-corrected chi connectivity index (χ1v) is 8.83. The van der Waals surface area contributed by atoms with Crippen LogP contribution in [0.3, 0.4) is 0 Å². The number of aromatic nitrogens is 3. The molecule has 0 saturated heterocycles. The molecule has 0 N–H and O–H groups in total. The molecule has 0 radical (unpaired) electrons. The summed E-state index contributed by atoms with van der Waals surface area (Å²) >= 11 is 5.92. The third-order valence-electron chi connectivity index (χ3n) is 5.55. The van der Waals surface area contributed by atoms with E-state index in [0.29, 0.717) is 23.6 Å². The van der Waals surface area contributed by atoms with Crippen molar-refractivity contribution in [1.82, 2.24) is 14.5 Å². The number of carbonyl (C=O) groups is 1. The molecule has 0 amide bonds. The van der Waals surface area contributed by atoms with Gasteiger partial charge in [-0.3, -0.25) is 4.79 Å². The average molecular weight is 352 g/mol. The fourth-order valence-electron chi connectivity index (χ4n) is 4.59. The average Bonchev–Trinajstić information content (AvgIpc) is 2.91. The Morgan fingerprint density at radius 3 is 2.79 bits per heavy atom. The number of hydrogen-bond acceptors (Lipinski definition) is 4. The second-order valence-electron chi connectivity index (χ2n) is 6.70. The lowest BCUT2D eigenvalue weighted by molar-refractivity contribution is -0.157. The molecular weight excluding hydrogens is 333 g/mol. The van der Waals surface area contributed by atoms with E-state index in [-0.39, 0.29) is 34.9 Å². The lowest BCUT2D eigenvalue weighted by Crippen LogP contribution is -2.45. The highest BCUT2D eigenvalue weighted by Crippen LogP contribution is 2.52. The summed E-state index contributed by atoms with van der Waals surface area (Å²) in [5.74, 6) is -0.198. The van der Waals surface area contributed by atoms with Crippen LogP contribution in [0, 0.1) is 23.6 Å². The minimum atomic E-state index is -0.384. The van der Waals surface area contributed by atoms with Crippen LogP contribution in [0.4, 0.5) is 4.39 Å². The van der Waals surface area contributed by atoms with Crippen LogP contribution in [0.2, 0.25) is 5.28 Å². The van der Waals surface area contributed by atoms with E-state index < -0.39 is 0 Å². The first-order valence-electron chi connectivity index (χ1n) is 8.45. The standard InChI is InChI=1S/C17H19ClFN3O2/c1-2-24-16(23)13-9-3-5-10(6-4-9)14(13)22-8-12(19)11-7-20-17(18)21-15(11)22/h7-10,13-14H,2-6H2,1H3/t9?,10?,13-,14?/m0/s1. The number of rotatable bonds is 3. The number of ether oxygens (including phenoxy) is 1. The molecule has 2 aromatic rings. The van der Waals surface area contributed by atoms with Gasteiger partial charge >= 0.3 is 5.97 Å². The maximum Gasteiger partial charge on any atom is 0.311 e. The first-order chi connectivity index (χ1) is 11.6. The number of nitrogens with zero attached hydrogens (tertiary/aromatic N) is 3. The molecule has 0 aliphatic heterocycles. The highest BCUT2D eigenvalue weighted by molar-refractivity contribution is 6.28. The summed E-state index contributed by atoms with van der Waals surface area (Å²) < 4.78 is 21.5. The third kappa shape index (κ3) is 2.39. The van der Waals surface area contributed by atoms with Crippen molar-refractivity contribution in [1.29, 1.82) is 0 Å². The molecule has 0 aromatic carbocycles. The predicted molar refractivity (Wildman–Crippen MR) is 87.1 cm³/mol. The zero-order valence-electron chi connectivity index (χ0n) is 13.4. The number of esters is 1. The molecule has 2 aromatic heterocycles. The summed E-state index contributed by atoms with van der Waals surface area (Å²) in [4.78, 5) is 20.7. The molecular formula is C17H19ClFN3O2. The maximum atomic E-state index is 14.4. The fraction of sp³-hybridized carbons (Fsp3) is 0.588. The van der Waals surface area contributed by atoms with Gasteiger partial charge in [-0.15, -0.1) is 0 Å². The van der Waals surface area contributed by atoms with Gasteiger partial charge in [0.1, 0.15) is 5.65 Å². The number of fused-ring (bicyclic) bond motifs is 4. The largest absolute Gasteiger partial charge is 0.466 e. The van der Waals surface area contributed by atoms with Crippen LogP contribution in [0.1, 0.15) is 38.6 Å². The Bertz CT molecular complexity index is 785. The van der Waals surface area contributed by atoms with Crippen molar-refractivity contribution >= 4 is 28.6 Å². The highest BCUT2D eigenvalue weighted by atomic mass is 35.5. The van der Waals surface area contributed by atoms with Gasteiger partial charge in [-0.1, -0.05) is 0 Å². The Hall–Kier alpha value is -1.69. The van der Waals surface area contributed by atoms with Gasteiger partial charge in [-0.25, -0.2) is 9.37 Å². The summed E-state index contributed by atoms with van der Waals surface area (Å²) in [6.45, 7) is 2.17. The third-order valence-corrected chi connectivity index (χ3v) is 5.73. The van der Waals surface area contributed by atoms with Crippen molar-refractivity contribution in [2.75, 3.05) is 6.61 Å². The van der Waals surface area contributed by atoms with Crippen LogP contribution >= 0.6 is 11.6 Å². The van der Waals surface area contributed by atoms with Gasteiger partial charge in [-0.05, 0) is 56.0 Å². The summed E-state index contributed by atoms with van der Waals surface area (Å²) in [5, 5.41) is 0.416. The Kier molecular flexibility index (Phi) is 3.95. The van der Waals surface area contributed by atoms with Crippen LogP contribution in [0.25, 0.3) is 11.0 Å². The summed E-state index contributed by atoms with van der Waals surface area (Å²) in [7, 11) is 0. The second kappa shape index (κ2) is 5.99. The molecule has 3 aliphatic carbocycles. The van der Waals surface area contributed by atoms with Gasteiger partial charge in [0.2, 0.25) is 5.28 Å². The van der Waals surface area contributed by atoms with Gasteiger partial charge in [0.15, 0.2) is 5.82 Å². The monoisotopic (exact) mass is 351 g/mol. The maximum absolute atomic E-state index is 14.4. The van der Waals surface area contributed by atoms with Crippen LogP contribution in [-0.2, 0) is 9.53 Å². The highest BCUT2D eigenvalue weighted by Gasteiger charge is 2.49. The van der Waals surface area contributed by atoms with Crippen molar-refractivity contribution in [2.45, 2.75) is 38.6 Å². The second-order valence-corrected chi connectivity index (χ2v) is 7.04. The van der Waals surface area contributed by atoms with E-state index in [2.05, 4.69) is 9.97 Å². The van der Waals surface area contributed by atoms with Crippen molar-refractivity contribution in [3.05, 3.63) is 23.5 Å². The molecule has 5 rings (SSSR count). The summed E-state index contributed by atoms with van der Waals surface area (Å²) in [6, 6.07) is -0.130. The van der Waals surface area contributed by atoms with Crippen LogP contribution in [0.5, 0.6) is 0 Å². The molecule has 3 saturated carbocycles. The van der Waals surface area contributed by atoms with Crippen LogP contribution < -0.4 is 0 Å². The molecule has 0 spiro atoms. The van der Waals surface area contributed by atoms with Crippen LogP contribution in [0.15, 0.2) is 12.4 Å². The van der Waals surface area contributed by atoms with Crippen molar-refractivity contribution in [2.24, 2.45) is 17.8 Å². The van der Waals surface area contributed by atoms with Crippen LogP contribution in [-0.4, -0.2) is 27.1 Å². The van der Waals surface area contributed by atoms with Crippen molar-refractivity contribution in [3.8, 4) is 0 Å². The number of hydrogen-bond donors (Lipinski definition) is 0. The Morgan fingerprint density at radius 2 is 2.08 bits per heavy atom. The van der Waals surface area contributed by atoms with E-state index in [1.165, 1.54) is 12.4 Å².